The van der Waals surface area contributed by atoms with Gasteiger partial charge >= 0.3 is 24.3 Å². The first-order valence-electron chi connectivity index (χ1n) is 18.8. The molecule has 62 heavy (non-hydrogen) atoms. The quantitative estimate of drug-likeness (QED) is 0.102. The van der Waals surface area contributed by atoms with Crippen LogP contribution in [0.5, 0.6) is 23.0 Å². The van der Waals surface area contributed by atoms with Gasteiger partial charge in [-0.2, -0.15) is 36.9 Å². The lowest BCUT2D eigenvalue weighted by Crippen LogP contribution is -2.14. The number of alkyl halides is 6. The summed E-state index contributed by atoms with van der Waals surface area (Å²) in [5.74, 6) is -2.54. The molecule has 8 nitrogen and oxygen atoms in total. The Morgan fingerprint density at radius 2 is 0.903 bits per heavy atom. The molecule has 0 amide bonds. The molecule has 6 rings (SSSR count). The lowest BCUT2D eigenvalue weighted by atomic mass is 10.1. The number of carbonyl (C=O) groups is 2. The molecule has 2 aliphatic carbocycles. The normalized spacial score (nSPS) is 21.0. The molecular weight excluding hydrogens is 861 g/mol. The topological polar surface area (TPSA) is 119 Å². The molecule has 4 unspecified atom stereocenters. The van der Waals surface area contributed by atoms with E-state index in [0.29, 0.717) is 34.1 Å². The summed E-state index contributed by atoms with van der Waals surface area (Å²) in [7, 11) is 0. The van der Waals surface area contributed by atoms with Crippen LogP contribution in [0.3, 0.4) is 0 Å². The van der Waals surface area contributed by atoms with Crippen molar-refractivity contribution < 1.29 is 54.9 Å². The van der Waals surface area contributed by atoms with Crippen LogP contribution < -0.4 is 9.47 Å². The van der Waals surface area contributed by atoms with Crippen molar-refractivity contribution in [2.45, 2.75) is 52.3 Å². The zero-order valence-electron chi connectivity index (χ0n) is 33.4. The molecule has 2 saturated carbocycles. The Balaban J connectivity index is 0.000000234. The Morgan fingerprint density at radius 3 is 1.21 bits per heavy atom. The third-order valence-corrected chi connectivity index (χ3v) is 11.2. The molecule has 0 saturated heterocycles. The van der Waals surface area contributed by atoms with Gasteiger partial charge in [0.05, 0.1) is 11.8 Å². The van der Waals surface area contributed by atoms with Crippen molar-refractivity contribution >= 4 is 35.1 Å². The molecule has 2 aliphatic rings. The van der Waals surface area contributed by atoms with Gasteiger partial charge in [-0.1, -0.05) is 124 Å². The van der Waals surface area contributed by atoms with Crippen LogP contribution in [0.25, 0.3) is 0 Å². The summed E-state index contributed by atoms with van der Waals surface area (Å²) in [5.41, 5.74) is -0.743. The summed E-state index contributed by atoms with van der Waals surface area (Å²) < 4.78 is 98.5. The highest BCUT2D eigenvalue weighted by molar-refractivity contribution is 6.30. The largest absolute Gasteiger partial charge is 0.457 e. The van der Waals surface area contributed by atoms with Crippen molar-refractivity contribution in [2.24, 2.45) is 34.5 Å². The SMILES string of the molecule is CC1(C)C(/C=C(\Cl)C(F)(F)F)C1C(=O)OC(C#N)c1cccc(Oc2ccccc2)c1.CC1(C)[C@H](C(=O)OC(C#N)c2cccc(Oc3ccccc3)c2)[C@@H]1/C=C(\Cl)C(F)(F)F. The zero-order chi connectivity index (χ0) is 45.6. The molecule has 4 aromatic carbocycles. The minimum absolute atomic E-state index is 0.392. The van der Waals surface area contributed by atoms with Gasteiger partial charge in [0.2, 0.25) is 12.2 Å². The molecular formula is C46H38Cl2F6N2O6. The molecule has 324 valence electrons. The van der Waals surface area contributed by atoms with E-state index in [1.54, 1.807) is 100 Å². The standard InChI is InChI=1S/2C23H19ClF3NO3/c2*1-22(2)17(12-19(24)23(25,26)27)20(22)21(29)31-18(13-28)14-7-6-10-16(11-14)30-15-8-4-3-5-9-15/h2*3-12,17-18,20H,1-2H3/b2*19-12-/t17-,18?,20-;/m0./s1. The maximum atomic E-state index is 12.7. The van der Waals surface area contributed by atoms with E-state index in [1.807, 2.05) is 48.5 Å². The highest BCUT2D eigenvalue weighted by Gasteiger charge is 2.63. The zero-order valence-corrected chi connectivity index (χ0v) is 34.9. The average Bonchev–Trinajstić information content (AvgIpc) is 3.99. The third kappa shape index (κ3) is 11.7. The second kappa shape index (κ2) is 19.0. The second-order valence-electron chi connectivity index (χ2n) is 15.5. The summed E-state index contributed by atoms with van der Waals surface area (Å²) >= 11 is 10.6. The van der Waals surface area contributed by atoms with E-state index in [4.69, 9.17) is 42.1 Å². The monoisotopic (exact) mass is 898 g/mol. The van der Waals surface area contributed by atoms with E-state index in [9.17, 15) is 46.5 Å². The number of hydrogen-bond acceptors (Lipinski definition) is 8. The van der Waals surface area contributed by atoms with Gasteiger partial charge in [-0.15, -0.1) is 0 Å². The van der Waals surface area contributed by atoms with E-state index in [-0.39, 0.29) is 0 Å². The van der Waals surface area contributed by atoms with Crippen molar-refractivity contribution in [3.05, 3.63) is 143 Å². The van der Waals surface area contributed by atoms with Gasteiger partial charge in [-0.05, 0) is 71.2 Å². The van der Waals surface area contributed by atoms with Gasteiger partial charge in [-0.3, -0.25) is 9.59 Å². The van der Waals surface area contributed by atoms with Crippen molar-refractivity contribution in [1.29, 1.82) is 10.5 Å². The summed E-state index contributed by atoms with van der Waals surface area (Å²) in [6, 6.07) is 34.9. The number of halogens is 8. The Morgan fingerprint density at radius 1 is 0.581 bits per heavy atom. The van der Waals surface area contributed by atoms with Gasteiger partial charge in [0.25, 0.3) is 0 Å². The molecule has 0 spiro atoms. The van der Waals surface area contributed by atoms with E-state index in [1.165, 1.54) is 0 Å². The molecule has 2 fully saturated rings. The second-order valence-corrected chi connectivity index (χ2v) is 16.4. The Kier molecular flexibility index (Phi) is 14.4. The number of para-hydroxylation sites is 2. The highest BCUT2D eigenvalue weighted by atomic mass is 35.5. The number of hydrogen-bond donors (Lipinski definition) is 0. The minimum Gasteiger partial charge on any atom is -0.457 e. The van der Waals surface area contributed by atoms with Gasteiger partial charge < -0.3 is 18.9 Å². The first-order chi connectivity index (χ1) is 29.1. The summed E-state index contributed by atoms with van der Waals surface area (Å²) in [6.45, 7) is 6.60. The van der Waals surface area contributed by atoms with Crippen LogP contribution in [-0.2, 0) is 19.1 Å². The van der Waals surface area contributed by atoms with Crippen LogP contribution in [0.4, 0.5) is 26.3 Å². The fourth-order valence-corrected chi connectivity index (χ4v) is 7.10. The number of carbonyl (C=O) groups excluding carboxylic acids is 2. The van der Waals surface area contributed by atoms with Gasteiger partial charge in [0.1, 0.15) is 45.2 Å². The maximum absolute atomic E-state index is 12.7. The number of allylic oxidation sites excluding steroid dienone is 4. The van der Waals surface area contributed by atoms with Crippen LogP contribution in [0, 0.1) is 57.2 Å². The highest BCUT2D eigenvalue weighted by Crippen LogP contribution is 2.62. The van der Waals surface area contributed by atoms with Crippen molar-refractivity contribution in [3.8, 4) is 35.1 Å². The average molecular weight is 900 g/mol. The number of rotatable bonds is 12. The van der Waals surface area contributed by atoms with E-state index in [2.05, 4.69) is 0 Å². The predicted molar refractivity (Wildman–Crippen MR) is 216 cm³/mol. The molecule has 0 aliphatic heterocycles. The summed E-state index contributed by atoms with van der Waals surface area (Å²) in [5, 5.41) is 16.5. The predicted octanol–water partition coefficient (Wildman–Crippen LogP) is 13.1. The van der Waals surface area contributed by atoms with Crippen LogP contribution in [0.15, 0.2) is 131 Å². The molecule has 0 N–H and O–H groups in total. The number of ether oxygens (including phenoxy) is 4. The number of nitrogens with zero attached hydrogens (tertiary/aromatic N) is 2. The Hall–Kier alpha value is -5.96. The van der Waals surface area contributed by atoms with Crippen molar-refractivity contribution in [3.63, 3.8) is 0 Å². The first-order valence-corrected chi connectivity index (χ1v) is 19.6. The summed E-state index contributed by atoms with van der Waals surface area (Å²) in [6.07, 6.45) is -10.1. The molecule has 0 aromatic heterocycles. The number of benzene rings is 4. The van der Waals surface area contributed by atoms with Crippen molar-refractivity contribution in [1.82, 2.24) is 0 Å². The molecule has 0 bridgehead atoms. The fourth-order valence-electron chi connectivity index (χ4n) is 6.83. The molecule has 4 aromatic rings. The lowest BCUT2D eigenvalue weighted by Gasteiger charge is -2.13. The van der Waals surface area contributed by atoms with Crippen LogP contribution in [0.1, 0.15) is 51.0 Å². The van der Waals surface area contributed by atoms with Crippen LogP contribution >= 0.6 is 23.2 Å². The minimum atomic E-state index is -4.68. The first kappa shape index (κ1) is 47.1. The third-order valence-electron chi connectivity index (χ3n) is 10.5. The van der Waals surface area contributed by atoms with Gasteiger partial charge in [0, 0.05) is 11.1 Å². The Labute approximate surface area is 363 Å². The molecule has 0 radical (unpaired) electrons. The number of esters is 2. The maximum Gasteiger partial charge on any atom is 0.426 e. The van der Waals surface area contributed by atoms with Gasteiger partial charge in [-0.25, -0.2) is 0 Å². The van der Waals surface area contributed by atoms with E-state index in [0.717, 1.165) is 12.2 Å². The lowest BCUT2D eigenvalue weighted by molar-refractivity contribution is -0.150. The molecule has 6 atom stereocenters. The van der Waals surface area contributed by atoms with E-state index < -0.39 is 81.1 Å². The molecule has 16 heteroatoms. The number of nitriles is 2. The van der Waals surface area contributed by atoms with Crippen LogP contribution in [-0.4, -0.2) is 24.3 Å². The summed E-state index contributed by atoms with van der Waals surface area (Å²) in [4.78, 5) is 25.2. The van der Waals surface area contributed by atoms with Crippen LogP contribution in [0.2, 0.25) is 0 Å². The Bertz CT molecular complexity index is 2220. The van der Waals surface area contributed by atoms with Crippen molar-refractivity contribution in [2.75, 3.05) is 0 Å². The fraction of sp³-hybridized carbons (Fsp3) is 0.304. The smallest absolute Gasteiger partial charge is 0.426 e. The van der Waals surface area contributed by atoms with E-state index >= 15 is 0 Å². The van der Waals surface area contributed by atoms with Gasteiger partial charge in [0.15, 0.2) is 0 Å². The molecule has 0 heterocycles.